The van der Waals surface area contributed by atoms with Crippen LogP contribution < -0.4 is 5.32 Å². The third kappa shape index (κ3) is 3.10. The van der Waals surface area contributed by atoms with E-state index >= 15 is 0 Å². The number of hydrogen-bond donors (Lipinski definition) is 1. The Labute approximate surface area is 109 Å². The maximum atomic E-state index is 10.6. The van der Waals surface area contributed by atoms with Gasteiger partial charge in [-0.1, -0.05) is 6.92 Å². The molecule has 0 fully saturated rings. The third-order valence-electron chi connectivity index (χ3n) is 2.55. The maximum absolute atomic E-state index is 10.6. The van der Waals surface area contributed by atoms with Crippen LogP contribution in [0.3, 0.4) is 0 Å². The van der Waals surface area contributed by atoms with E-state index in [1.54, 1.807) is 16.8 Å². The first kappa shape index (κ1) is 13.1. The lowest BCUT2D eigenvalue weighted by Crippen LogP contribution is -2.17. The largest absolute Gasteiger partial charge is 0.310 e. The lowest BCUT2D eigenvalue weighted by atomic mass is 10.3. The van der Waals surface area contributed by atoms with E-state index in [0.717, 1.165) is 13.0 Å². The first-order valence-corrected chi connectivity index (χ1v) is 5.95. The molecular weight excluding hydrogens is 248 g/mol. The highest BCUT2D eigenvalue weighted by Crippen LogP contribution is 2.15. The summed E-state index contributed by atoms with van der Waals surface area (Å²) in [6, 6.07) is 6.11. The number of non-ortho nitro benzene ring substituents is 1. The van der Waals surface area contributed by atoms with E-state index in [2.05, 4.69) is 27.8 Å². The zero-order chi connectivity index (χ0) is 13.7. The van der Waals surface area contributed by atoms with Gasteiger partial charge in [-0.3, -0.25) is 10.1 Å². The van der Waals surface area contributed by atoms with Crippen molar-refractivity contribution in [1.29, 1.82) is 0 Å². The van der Waals surface area contributed by atoms with Crippen LogP contribution in [0.5, 0.6) is 0 Å². The number of nitro groups is 1. The van der Waals surface area contributed by atoms with Crippen LogP contribution >= 0.6 is 0 Å². The highest BCUT2D eigenvalue weighted by atomic mass is 16.6. The first-order chi connectivity index (χ1) is 9.22. The van der Waals surface area contributed by atoms with Gasteiger partial charge in [-0.15, -0.1) is 5.10 Å². The van der Waals surface area contributed by atoms with Gasteiger partial charge in [-0.25, -0.2) is 0 Å². The molecule has 19 heavy (non-hydrogen) atoms. The van der Waals surface area contributed by atoms with Gasteiger partial charge in [0.05, 0.1) is 17.2 Å². The quantitative estimate of drug-likeness (QED) is 0.475. The molecule has 0 atom stereocenters. The smallest absolute Gasteiger partial charge is 0.269 e. The molecule has 8 heteroatoms. The van der Waals surface area contributed by atoms with Crippen LogP contribution in [-0.4, -0.2) is 31.7 Å². The van der Waals surface area contributed by atoms with E-state index in [4.69, 9.17) is 0 Å². The number of nitrogens with one attached hydrogen (secondary N) is 1. The Morgan fingerprint density at radius 2 is 2.11 bits per heavy atom. The van der Waals surface area contributed by atoms with Crippen molar-refractivity contribution in [2.24, 2.45) is 0 Å². The van der Waals surface area contributed by atoms with Gasteiger partial charge in [-0.2, -0.15) is 4.68 Å². The number of benzene rings is 1. The molecule has 0 bridgehead atoms. The van der Waals surface area contributed by atoms with Crippen molar-refractivity contribution in [3.63, 3.8) is 0 Å². The maximum Gasteiger partial charge on any atom is 0.269 e. The third-order valence-corrected chi connectivity index (χ3v) is 2.55. The number of tetrazole rings is 1. The summed E-state index contributed by atoms with van der Waals surface area (Å²) in [4.78, 5) is 10.2. The lowest BCUT2D eigenvalue weighted by Gasteiger charge is -2.05. The fourth-order valence-corrected chi connectivity index (χ4v) is 1.61. The van der Waals surface area contributed by atoms with Crippen LogP contribution in [0.15, 0.2) is 24.3 Å². The molecule has 1 aromatic heterocycles. The summed E-state index contributed by atoms with van der Waals surface area (Å²) in [7, 11) is 0. The number of nitro benzene ring substituents is 1. The normalized spacial score (nSPS) is 10.6. The monoisotopic (exact) mass is 262 g/mol. The van der Waals surface area contributed by atoms with Gasteiger partial charge in [0, 0.05) is 12.1 Å². The van der Waals surface area contributed by atoms with Gasteiger partial charge >= 0.3 is 0 Å². The number of hydrogen-bond acceptors (Lipinski definition) is 6. The molecule has 0 spiro atoms. The molecule has 0 aliphatic rings. The molecule has 0 saturated carbocycles. The molecule has 1 N–H and O–H groups in total. The van der Waals surface area contributed by atoms with Gasteiger partial charge < -0.3 is 5.32 Å². The van der Waals surface area contributed by atoms with Crippen LogP contribution in [0.1, 0.15) is 19.2 Å². The summed E-state index contributed by atoms with van der Waals surface area (Å²) >= 11 is 0. The van der Waals surface area contributed by atoms with Gasteiger partial charge in [0.1, 0.15) is 0 Å². The van der Waals surface area contributed by atoms with Gasteiger partial charge in [-0.05, 0) is 35.5 Å². The summed E-state index contributed by atoms with van der Waals surface area (Å²) in [6.07, 6.45) is 1.03. The molecule has 1 heterocycles. The first-order valence-electron chi connectivity index (χ1n) is 5.95. The summed E-state index contributed by atoms with van der Waals surface area (Å²) in [6.45, 7) is 3.51. The number of nitrogens with zero attached hydrogens (tertiary/aromatic N) is 5. The number of aromatic nitrogens is 4. The molecule has 0 amide bonds. The topological polar surface area (TPSA) is 98.8 Å². The van der Waals surface area contributed by atoms with Gasteiger partial charge in [0.15, 0.2) is 5.82 Å². The van der Waals surface area contributed by atoms with Gasteiger partial charge in [0.25, 0.3) is 5.69 Å². The van der Waals surface area contributed by atoms with E-state index in [-0.39, 0.29) is 5.69 Å². The fourth-order valence-electron chi connectivity index (χ4n) is 1.61. The Morgan fingerprint density at radius 3 is 2.74 bits per heavy atom. The van der Waals surface area contributed by atoms with Crippen LogP contribution in [-0.2, 0) is 6.54 Å². The SMILES string of the molecule is CCCNCc1nnnn1-c1ccc([N+](=O)[O-])cc1. The van der Waals surface area contributed by atoms with E-state index in [1.165, 1.54) is 12.1 Å². The Morgan fingerprint density at radius 1 is 1.37 bits per heavy atom. The summed E-state index contributed by atoms with van der Waals surface area (Å²) in [5.41, 5.74) is 0.742. The zero-order valence-corrected chi connectivity index (χ0v) is 10.5. The van der Waals surface area contributed by atoms with E-state index < -0.39 is 4.92 Å². The second kappa shape index (κ2) is 6.01. The minimum Gasteiger partial charge on any atom is -0.310 e. The molecule has 8 nitrogen and oxygen atoms in total. The van der Waals surface area contributed by atoms with Crippen LogP contribution in [0, 0.1) is 10.1 Å². The van der Waals surface area contributed by atoms with E-state index in [0.29, 0.717) is 18.1 Å². The Kier molecular flexibility index (Phi) is 4.14. The summed E-state index contributed by atoms with van der Waals surface area (Å²) in [5.74, 6) is 0.669. The molecule has 0 aliphatic heterocycles. The van der Waals surface area contributed by atoms with Crippen LogP contribution in [0.25, 0.3) is 5.69 Å². The van der Waals surface area contributed by atoms with Gasteiger partial charge in [0.2, 0.25) is 0 Å². The highest BCUT2D eigenvalue weighted by molar-refractivity contribution is 5.40. The molecule has 2 aromatic rings. The van der Waals surface area contributed by atoms with Crippen molar-refractivity contribution in [2.75, 3.05) is 6.54 Å². The molecular formula is C11H14N6O2. The van der Waals surface area contributed by atoms with Crippen LogP contribution in [0.2, 0.25) is 0 Å². The van der Waals surface area contributed by atoms with E-state index in [1.807, 2.05) is 0 Å². The molecule has 1 aromatic carbocycles. The molecule has 0 unspecified atom stereocenters. The Balaban J connectivity index is 2.17. The Hall–Kier alpha value is -2.35. The molecule has 0 saturated heterocycles. The minimum atomic E-state index is -0.437. The standard InChI is InChI=1S/C11H14N6O2/c1-2-7-12-8-11-13-14-15-16(11)9-3-5-10(6-4-9)17(18)19/h3-6,12H,2,7-8H2,1H3. The average molecular weight is 262 g/mol. The second-order valence-electron chi connectivity index (χ2n) is 3.96. The van der Waals surface area contributed by atoms with Crippen molar-refractivity contribution in [1.82, 2.24) is 25.5 Å². The summed E-state index contributed by atoms with van der Waals surface area (Å²) in [5, 5.41) is 25.2. The van der Waals surface area contributed by atoms with Crippen molar-refractivity contribution in [3.05, 3.63) is 40.2 Å². The highest BCUT2D eigenvalue weighted by Gasteiger charge is 2.10. The minimum absolute atomic E-state index is 0.0440. The van der Waals surface area contributed by atoms with Crippen LogP contribution in [0.4, 0.5) is 5.69 Å². The Bertz CT molecular complexity index is 551. The average Bonchev–Trinajstić information content (AvgIpc) is 2.87. The van der Waals surface area contributed by atoms with Crippen molar-refractivity contribution >= 4 is 5.69 Å². The van der Waals surface area contributed by atoms with Crippen molar-refractivity contribution in [2.45, 2.75) is 19.9 Å². The predicted octanol–water partition coefficient (Wildman–Crippen LogP) is 1.07. The second-order valence-corrected chi connectivity index (χ2v) is 3.96. The lowest BCUT2D eigenvalue weighted by molar-refractivity contribution is -0.384. The molecule has 0 radical (unpaired) electrons. The molecule has 2 rings (SSSR count). The zero-order valence-electron chi connectivity index (χ0n) is 10.5. The fraction of sp³-hybridized carbons (Fsp3) is 0.364. The van der Waals surface area contributed by atoms with Crippen molar-refractivity contribution in [3.8, 4) is 5.69 Å². The van der Waals surface area contributed by atoms with Crippen molar-refractivity contribution < 1.29 is 4.92 Å². The molecule has 0 aliphatic carbocycles. The summed E-state index contributed by atoms with van der Waals surface area (Å²) < 4.78 is 1.56. The predicted molar refractivity (Wildman–Crippen MR) is 67.8 cm³/mol. The van der Waals surface area contributed by atoms with E-state index in [9.17, 15) is 10.1 Å². The molecule has 100 valence electrons. The number of rotatable bonds is 6.